The molecule has 0 fully saturated rings. The smallest absolute Gasteiger partial charge is 0.253 e. The molecule has 0 radical (unpaired) electrons. The van der Waals surface area contributed by atoms with Gasteiger partial charge in [0.1, 0.15) is 5.54 Å². The Labute approximate surface area is 102 Å². The summed E-state index contributed by atoms with van der Waals surface area (Å²) in [6, 6.07) is 1.61. The second-order valence-corrected chi connectivity index (χ2v) is 4.75. The summed E-state index contributed by atoms with van der Waals surface area (Å²) in [7, 11) is 0. The first kappa shape index (κ1) is 12.6. The Hall–Kier alpha value is -1.43. The average Bonchev–Trinajstić information content (AvgIpc) is 2.16. The van der Waals surface area contributed by atoms with Crippen LogP contribution in [0.3, 0.4) is 0 Å². The molecule has 0 spiro atoms. The van der Waals surface area contributed by atoms with Gasteiger partial charge >= 0.3 is 0 Å². The van der Waals surface area contributed by atoms with Crippen LogP contribution in [0.1, 0.15) is 24.2 Å². The van der Waals surface area contributed by atoms with Crippen LogP contribution in [0.2, 0.25) is 0 Å². The zero-order chi connectivity index (χ0) is 12.3. The minimum atomic E-state index is -1.08. The van der Waals surface area contributed by atoms with E-state index in [-0.39, 0.29) is 0 Å². The Kier molecular flexibility index (Phi) is 3.64. The van der Waals surface area contributed by atoms with Crippen molar-refractivity contribution in [3.8, 4) is 0 Å². The van der Waals surface area contributed by atoms with E-state index < -0.39 is 17.4 Å². The third-order valence-corrected chi connectivity index (χ3v) is 2.44. The van der Waals surface area contributed by atoms with E-state index in [1.54, 1.807) is 26.1 Å². The summed E-state index contributed by atoms with van der Waals surface area (Å²) in [4.78, 5) is 26.6. The highest BCUT2D eigenvalue weighted by Gasteiger charge is 2.27. The van der Waals surface area contributed by atoms with Crippen molar-refractivity contribution < 1.29 is 9.59 Å². The normalized spacial score (nSPS) is 10.9. The number of nitrogens with zero attached hydrogens (tertiary/aromatic N) is 1. The van der Waals surface area contributed by atoms with E-state index >= 15 is 0 Å². The van der Waals surface area contributed by atoms with Gasteiger partial charge in [-0.15, -0.1) is 0 Å². The Balaban J connectivity index is 2.85. The van der Waals surface area contributed by atoms with Crippen molar-refractivity contribution in [1.82, 2.24) is 10.3 Å². The quantitative estimate of drug-likeness (QED) is 0.863. The maximum absolute atomic E-state index is 11.7. The number of hydrogen-bond donors (Lipinski definition) is 2. The van der Waals surface area contributed by atoms with Gasteiger partial charge in [0.05, 0.1) is 5.56 Å². The predicted molar refractivity (Wildman–Crippen MR) is 62.7 cm³/mol. The van der Waals surface area contributed by atoms with Gasteiger partial charge in [0, 0.05) is 16.9 Å². The highest BCUT2D eigenvalue weighted by molar-refractivity contribution is 9.10. The average molecular weight is 286 g/mol. The summed E-state index contributed by atoms with van der Waals surface area (Å²) in [5.74, 6) is -0.985. The van der Waals surface area contributed by atoms with Gasteiger partial charge in [0.15, 0.2) is 0 Å². The summed E-state index contributed by atoms with van der Waals surface area (Å²) in [5.41, 5.74) is 4.43. The number of carbonyl (C=O) groups is 2. The standard InChI is InChI=1S/C10H12BrN3O2/c1-10(2,9(12)16)14-8(15)6-3-7(11)5-13-4-6/h3-5H,1-2H3,(H2,12,16)(H,14,15). The number of amides is 2. The van der Waals surface area contributed by atoms with Gasteiger partial charge in [-0.05, 0) is 35.8 Å². The Bertz CT molecular complexity index is 432. The van der Waals surface area contributed by atoms with Gasteiger partial charge < -0.3 is 11.1 Å². The second-order valence-electron chi connectivity index (χ2n) is 3.84. The summed E-state index contributed by atoms with van der Waals surface area (Å²) < 4.78 is 0.692. The second kappa shape index (κ2) is 4.61. The molecule has 1 aromatic heterocycles. The van der Waals surface area contributed by atoms with Gasteiger partial charge in [-0.2, -0.15) is 0 Å². The number of hydrogen-bond acceptors (Lipinski definition) is 3. The largest absolute Gasteiger partial charge is 0.368 e. The molecule has 0 bridgehead atoms. The van der Waals surface area contributed by atoms with Crippen LogP contribution in [0.4, 0.5) is 0 Å². The molecule has 5 nitrogen and oxygen atoms in total. The number of pyridine rings is 1. The SMILES string of the molecule is CC(C)(NC(=O)c1cncc(Br)c1)C(N)=O. The van der Waals surface area contributed by atoms with Crippen molar-refractivity contribution in [2.24, 2.45) is 5.73 Å². The number of carbonyl (C=O) groups excluding carboxylic acids is 2. The fourth-order valence-electron chi connectivity index (χ4n) is 0.954. The zero-order valence-electron chi connectivity index (χ0n) is 8.95. The molecule has 0 saturated heterocycles. The fraction of sp³-hybridized carbons (Fsp3) is 0.300. The first-order valence-corrected chi connectivity index (χ1v) is 5.35. The number of aromatic nitrogens is 1. The molecule has 0 saturated carbocycles. The summed E-state index contributed by atoms with van der Waals surface area (Å²) >= 11 is 3.20. The van der Waals surface area contributed by atoms with Crippen molar-refractivity contribution in [1.29, 1.82) is 0 Å². The van der Waals surface area contributed by atoms with Crippen LogP contribution in [0.15, 0.2) is 22.9 Å². The lowest BCUT2D eigenvalue weighted by atomic mass is 10.0. The van der Waals surface area contributed by atoms with Crippen LogP contribution in [-0.4, -0.2) is 22.3 Å². The highest BCUT2D eigenvalue weighted by Crippen LogP contribution is 2.10. The molecule has 0 aliphatic heterocycles. The van der Waals surface area contributed by atoms with Crippen molar-refractivity contribution in [3.05, 3.63) is 28.5 Å². The van der Waals surface area contributed by atoms with Crippen LogP contribution >= 0.6 is 15.9 Å². The van der Waals surface area contributed by atoms with E-state index in [0.717, 1.165) is 0 Å². The Morgan fingerprint density at radius 1 is 1.44 bits per heavy atom. The van der Waals surface area contributed by atoms with Gasteiger partial charge in [0.2, 0.25) is 5.91 Å². The molecule has 0 atom stereocenters. The number of primary amides is 1. The summed E-state index contributed by atoms with van der Waals surface area (Å²) in [6.45, 7) is 3.08. The Morgan fingerprint density at radius 2 is 2.06 bits per heavy atom. The first-order chi connectivity index (χ1) is 7.33. The van der Waals surface area contributed by atoms with E-state index in [0.29, 0.717) is 10.0 Å². The third-order valence-electron chi connectivity index (χ3n) is 2.01. The maximum atomic E-state index is 11.7. The molecule has 2 amide bonds. The minimum Gasteiger partial charge on any atom is -0.368 e. The van der Waals surface area contributed by atoms with E-state index in [4.69, 9.17) is 5.73 Å². The van der Waals surface area contributed by atoms with Crippen LogP contribution in [0.5, 0.6) is 0 Å². The first-order valence-electron chi connectivity index (χ1n) is 4.56. The number of nitrogens with two attached hydrogens (primary N) is 1. The molecule has 0 unspecified atom stereocenters. The third kappa shape index (κ3) is 3.03. The summed E-state index contributed by atoms with van der Waals surface area (Å²) in [5, 5.41) is 2.52. The fourth-order valence-corrected chi connectivity index (χ4v) is 1.32. The maximum Gasteiger partial charge on any atom is 0.253 e. The van der Waals surface area contributed by atoms with E-state index in [2.05, 4.69) is 26.2 Å². The van der Waals surface area contributed by atoms with Gasteiger partial charge in [-0.3, -0.25) is 14.6 Å². The molecular formula is C10H12BrN3O2. The zero-order valence-corrected chi connectivity index (χ0v) is 10.5. The number of nitrogens with one attached hydrogen (secondary N) is 1. The van der Waals surface area contributed by atoms with Crippen LogP contribution in [0.25, 0.3) is 0 Å². The van der Waals surface area contributed by atoms with Crippen LogP contribution in [0, 0.1) is 0 Å². The van der Waals surface area contributed by atoms with Gasteiger partial charge in [0.25, 0.3) is 5.91 Å². The molecule has 1 rings (SSSR count). The minimum absolute atomic E-state index is 0.365. The number of rotatable bonds is 3. The van der Waals surface area contributed by atoms with Crippen LogP contribution < -0.4 is 11.1 Å². The van der Waals surface area contributed by atoms with Crippen molar-refractivity contribution in [3.63, 3.8) is 0 Å². The van der Waals surface area contributed by atoms with Gasteiger partial charge in [-0.25, -0.2) is 0 Å². The molecule has 0 aliphatic rings. The molecule has 0 aromatic carbocycles. The van der Waals surface area contributed by atoms with Crippen molar-refractivity contribution in [2.45, 2.75) is 19.4 Å². The lowest BCUT2D eigenvalue weighted by Gasteiger charge is -2.22. The lowest BCUT2D eigenvalue weighted by Crippen LogP contribution is -2.53. The highest BCUT2D eigenvalue weighted by atomic mass is 79.9. The molecule has 6 heteroatoms. The molecule has 16 heavy (non-hydrogen) atoms. The van der Waals surface area contributed by atoms with E-state index in [1.807, 2.05) is 0 Å². The van der Waals surface area contributed by atoms with Crippen molar-refractivity contribution >= 4 is 27.7 Å². The molecule has 86 valence electrons. The van der Waals surface area contributed by atoms with Crippen LogP contribution in [-0.2, 0) is 4.79 Å². The topological polar surface area (TPSA) is 85.1 Å². The molecule has 1 heterocycles. The monoisotopic (exact) mass is 285 g/mol. The molecule has 0 aliphatic carbocycles. The molecule has 3 N–H and O–H groups in total. The predicted octanol–water partition coefficient (Wildman–Crippen LogP) is 0.838. The number of halogens is 1. The summed E-state index contributed by atoms with van der Waals surface area (Å²) in [6.07, 6.45) is 2.98. The Morgan fingerprint density at radius 3 is 2.56 bits per heavy atom. The lowest BCUT2D eigenvalue weighted by molar-refractivity contribution is -0.122. The van der Waals surface area contributed by atoms with Gasteiger partial charge in [-0.1, -0.05) is 0 Å². The van der Waals surface area contributed by atoms with E-state index in [9.17, 15) is 9.59 Å². The van der Waals surface area contributed by atoms with Crippen molar-refractivity contribution in [2.75, 3.05) is 0 Å². The molecular weight excluding hydrogens is 274 g/mol. The molecule has 1 aromatic rings. The van der Waals surface area contributed by atoms with E-state index in [1.165, 1.54) is 6.20 Å².